The quantitative estimate of drug-likeness (QED) is 0.499. The molecule has 10 heavy (non-hydrogen) atoms. The highest BCUT2D eigenvalue weighted by Crippen LogP contribution is 1.83. The Morgan fingerprint density at radius 1 is 1.20 bits per heavy atom. The SMILES string of the molecule is CC(=O)NS(=O)(=O)C(C)=O. The van der Waals surface area contributed by atoms with E-state index in [1.54, 1.807) is 0 Å². The van der Waals surface area contributed by atoms with Crippen LogP contribution in [0.25, 0.3) is 0 Å². The zero-order chi connectivity index (χ0) is 8.36. The number of carbonyl (C=O) groups is 2. The molecule has 58 valence electrons. The molecule has 0 spiro atoms. The van der Waals surface area contributed by atoms with Crippen molar-refractivity contribution in [1.82, 2.24) is 4.72 Å². The van der Waals surface area contributed by atoms with Crippen LogP contribution in [-0.4, -0.2) is 19.4 Å². The van der Waals surface area contributed by atoms with E-state index in [0.717, 1.165) is 13.8 Å². The van der Waals surface area contributed by atoms with Gasteiger partial charge in [0.1, 0.15) is 0 Å². The lowest BCUT2D eigenvalue weighted by Gasteiger charge is -1.96. The molecule has 0 fully saturated rings. The second-order valence-corrected chi connectivity index (χ2v) is 3.44. The average Bonchev–Trinajstić information content (AvgIpc) is 1.60. The van der Waals surface area contributed by atoms with Crippen molar-refractivity contribution in [2.45, 2.75) is 13.8 Å². The number of nitrogens with one attached hydrogen (secondary N) is 1. The summed E-state index contributed by atoms with van der Waals surface area (Å²) in [4.78, 5) is 20.3. The molecular weight excluding hydrogens is 158 g/mol. The summed E-state index contributed by atoms with van der Waals surface area (Å²) in [7, 11) is -4.04. The summed E-state index contributed by atoms with van der Waals surface area (Å²) < 4.78 is 22.4. The number of amides is 1. The van der Waals surface area contributed by atoms with Crippen LogP contribution >= 0.6 is 0 Å². The predicted octanol–water partition coefficient (Wildman–Crippen LogP) is -1.00. The minimum atomic E-state index is -4.04. The maximum atomic E-state index is 10.5. The van der Waals surface area contributed by atoms with E-state index in [1.807, 2.05) is 0 Å². The largest absolute Gasteiger partial charge is 0.297 e. The lowest BCUT2D eigenvalue weighted by Crippen LogP contribution is -2.32. The number of carbonyl (C=O) groups excluding carboxylic acids is 2. The van der Waals surface area contributed by atoms with E-state index in [-0.39, 0.29) is 0 Å². The van der Waals surface area contributed by atoms with Gasteiger partial charge in [0.15, 0.2) is 0 Å². The van der Waals surface area contributed by atoms with Gasteiger partial charge in [0.05, 0.1) is 0 Å². The highest BCUT2D eigenvalue weighted by Gasteiger charge is 2.16. The minimum absolute atomic E-state index is 0.768. The first kappa shape index (κ1) is 9.09. The first-order valence-corrected chi connectivity index (χ1v) is 3.88. The molecule has 0 saturated carbocycles. The first-order valence-electron chi connectivity index (χ1n) is 2.40. The van der Waals surface area contributed by atoms with Crippen molar-refractivity contribution in [2.75, 3.05) is 0 Å². The molecule has 0 aliphatic carbocycles. The summed E-state index contributed by atoms with van der Waals surface area (Å²) in [5.74, 6) is -0.768. The van der Waals surface area contributed by atoms with Crippen molar-refractivity contribution in [3.05, 3.63) is 0 Å². The first-order chi connectivity index (χ1) is 4.36. The van der Waals surface area contributed by atoms with Gasteiger partial charge in [-0.05, 0) is 0 Å². The van der Waals surface area contributed by atoms with E-state index < -0.39 is 21.0 Å². The Kier molecular flexibility index (Phi) is 2.53. The third-order valence-electron chi connectivity index (χ3n) is 0.657. The normalized spacial score (nSPS) is 10.6. The molecule has 0 aromatic rings. The van der Waals surface area contributed by atoms with Crippen molar-refractivity contribution < 1.29 is 18.0 Å². The van der Waals surface area contributed by atoms with E-state index in [4.69, 9.17) is 0 Å². The van der Waals surface area contributed by atoms with E-state index >= 15 is 0 Å². The Balaban J connectivity index is 4.46. The number of hydrogen-bond donors (Lipinski definition) is 1. The van der Waals surface area contributed by atoms with Crippen LogP contribution in [-0.2, 0) is 19.6 Å². The number of rotatable bonds is 0. The molecule has 0 aliphatic heterocycles. The van der Waals surface area contributed by atoms with E-state index in [9.17, 15) is 18.0 Å². The molecule has 0 unspecified atom stereocenters. The summed E-state index contributed by atoms with van der Waals surface area (Å²) >= 11 is 0. The van der Waals surface area contributed by atoms with Gasteiger partial charge in [-0.15, -0.1) is 0 Å². The molecule has 0 aromatic heterocycles. The zero-order valence-corrected chi connectivity index (χ0v) is 6.36. The van der Waals surface area contributed by atoms with E-state index in [0.29, 0.717) is 0 Å². The molecule has 0 rings (SSSR count). The zero-order valence-electron chi connectivity index (χ0n) is 5.54. The highest BCUT2D eigenvalue weighted by molar-refractivity contribution is 8.04. The maximum absolute atomic E-state index is 10.5. The molecule has 0 aliphatic rings. The van der Waals surface area contributed by atoms with Crippen LogP contribution in [0.3, 0.4) is 0 Å². The Bertz CT molecular complexity index is 252. The van der Waals surface area contributed by atoms with Crippen LogP contribution in [0.2, 0.25) is 0 Å². The Hall–Kier alpha value is -0.910. The maximum Gasteiger partial charge on any atom is 0.297 e. The standard InChI is InChI=1S/C4H7NO4S/c1-3(6)5-10(8,9)4(2)7/h1-2H3,(H,5,6). The lowest BCUT2D eigenvalue weighted by atomic mass is 10.8. The Morgan fingerprint density at radius 2 is 1.60 bits per heavy atom. The van der Waals surface area contributed by atoms with Crippen molar-refractivity contribution in [3.63, 3.8) is 0 Å². The summed E-state index contributed by atoms with van der Waals surface area (Å²) in [5.41, 5.74) is 0. The van der Waals surface area contributed by atoms with Crippen LogP contribution in [0.5, 0.6) is 0 Å². The summed E-state index contributed by atoms with van der Waals surface area (Å²) in [6.07, 6.45) is 0. The van der Waals surface area contributed by atoms with Gasteiger partial charge in [0.25, 0.3) is 15.1 Å². The molecule has 0 bridgehead atoms. The number of sulfonamides is 1. The molecule has 0 saturated heterocycles. The Labute approximate surface area is 58.5 Å². The van der Waals surface area contributed by atoms with Crippen molar-refractivity contribution >= 4 is 21.0 Å². The van der Waals surface area contributed by atoms with Gasteiger partial charge in [-0.2, -0.15) is 8.42 Å². The molecule has 6 heteroatoms. The minimum Gasteiger partial charge on any atom is -0.280 e. The van der Waals surface area contributed by atoms with Gasteiger partial charge < -0.3 is 0 Å². The highest BCUT2D eigenvalue weighted by atomic mass is 32.2. The van der Waals surface area contributed by atoms with Gasteiger partial charge in [0, 0.05) is 13.8 Å². The number of hydrogen-bond acceptors (Lipinski definition) is 4. The fourth-order valence-electron chi connectivity index (χ4n) is 0.261. The fraction of sp³-hybridized carbons (Fsp3) is 0.500. The van der Waals surface area contributed by atoms with Gasteiger partial charge in [-0.25, -0.2) is 4.72 Å². The van der Waals surface area contributed by atoms with Crippen molar-refractivity contribution in [3.8, 4) is 0 Å². The van der Waals surface area contributed by atoms with Crippen LogP contribution in [0.15, 0.2) is 0 Å². The van der Waals surface area contributed by atoms with Gasteiger partial charge in [-0.3, -0.25) is 9.59 Å². The van der Waals surface area contributed by atoms with Crippen LogP contribution in [0.1, 0.15) is 13.8 Å². The van der Waals surface area contributed by atoms with Gasteiger partial charge in [-0.1, -0.05) is 0 Å². The topological polar surface area (TPSA) is 80.3 Å². The van der Waals surface area contributed by atoms with Crippen LogP contribution < -0.4 is 4.72 Å². The fourth-order valence-corrected chi connectivity index (χ4v) is 0.783. The molecular formula is C4H7NO4S. The smallest absolute Gasteiger partial charge is 0.280 e. The third kappa shape index (κ3) is 2.58. The van der Waals surface area contributed by atoms with Gasteiger partial charge >= 0.3 is 0 Å². The van der Waals surface area contributed by atoms with Gasteiger partial charge in [0.2, 0.25) is 5.91 Å². The van der Waals surface area contributed by atoms with Crippen molar-refractivity contribution in [2.24, 2.45) is 0 Å². The van der Waals surface area contributed by atoms with Crippen LogP contribution in [0, 0.1) is 0 Å². The van der Waals surface area contributed by atoms with Crippen molar-refractivity contribution in [1.29, 1.82) is 0 Å². The Morgan fingerprint density at radius 3 is 1.70 bits per heavy atom. The summed E-state index contributed by atoms with van der Waals surface area (Å²) in [5, 5.41) is -1.07. The molecule has 0 heterocycles. The van der Waals surface area contributed by atoms with E-state index in [2.05, 4.69) is 0 Å². The van der Waals surface area contributed by atoms with Crippen LogP contribution in [0.4, 0.5) is 0 Å². The second-order valence-electron chi connectivity index (χ2n) is 1.65. The molecule has 1 amide bonds. The molecule has 0 aromatic carbocycles. The molecule has 0 radical (unpaired) electrons. The monoisotopic (exact) mass is 165 g/mol. The molecule has 5 nitrogen and oxygen atoms in total. The summed E-state index contributed by atoms with van der Waals surface area (Å²) in [6, 6.07) is 0. The second kappa shape index (κ2) is 2.78. The average molecular weight is 165 g/mol. The third-order valence-corrected chi connectivity index (χ3v) is 1.97. The molecule has 0 atom stereocenters. The summed E-state index contributed by atoms with van der Waals surface area (Å²) in [6.45, 7) is 1.88. The van der Waals surface area contributed by atoms with E-state index in [1.165, 1.54) is 4.72 Å². The lowest BCUT2D eigenvalue weighted by molar-refractivity contribution is -0.118. The predicted molar refractivity (Wildman–Crippen MR) is 33.4 cm³/mol. The molecule has 1 N–H and O–H groups in total.